The van der Waals surface area contributed by atoms with Crippen molar-refractivity contribution >= 4 is 5.91 Å². The van der Waals surface area contributed by atoms with Crippen molar-refractivity contribution in [1.82, 2.24) is 10.2 Å². The molecule has 15 heavy (non-hydrogen) atoms. The van der Waals surface area contributed by atoms with E-state index in [0.717, 1.165) is 13.0 Å². The molecule has 0 aromatic rings. The number of nitrogens with zero attached hydrogens (tertiary/aromatic N) is 2. The van der Waals surface area contributed by atoms with E-state index in [1.165, 1.54) is 0 Å². The lowest BCUT2D eigenvalue weighted by Crippen LogP contribution is -2.42. The van der Waals surface area contributed by atoms with Gasteiger partial charge < -0.3 is 10.2 Å². The summed E-state index contributed by atoms with van der Waals surface area (Å²) in [6.07, 6.45) is 1.31. The largest absolute Gasteiger partial charge is 0.342 e. The number of hydrogen-bond acceptors (Lipinski definition) is 3. The molecule has 1 aliphatic heterocycles. The predicted octanol–water partition coefficient (Wildman–Crippen LogP) is 0.745. The Balaban J connectivity index is 2.56. The molecule has 4 nitrogen and oxygen atoms in total. The van der Waals surface area contributed by atoms with E-state index in [4.69, 9.17) is 5.26 Å². The van der Waals surface area contributed by atoms with Gasteiger partial charge >= 0.3 is 0 Å². The van der Waals surface area contributed by atoms with Crippen LogP contribution in [0, 0.1) is 17.2 Å². The summed E-state index contributed by atoms with van der Waals surface area (Å²) in [6.45, 7) is 4.87. The van der Waals surface area contributed by atoms with Crippen LogP contribution >= 0.6 is 0 Å². The number of carbonyl (C=O) groups excluding carboxylic acids is 1. The second-order valence-electron chi connectivity index (χ2n) is 4.30. The van der Waals surface area contributed by atoms with Gasteiger partial charge in [0.2, 0.25) is 5.91 Å². The number of carbonyl (C=O) groups is 1. The minimum atomic E-state index is 0.00954. The van der Waals surface area contributed by atoms with Crippen LogP contribution in [0.15, 0.2) is 0 Å². The molecule has 0 bridgehead atoms. The van der Waals surface area contributed by atoms with Crippen molar-refractivity contribution in [3.05, 3.63) is 0 Å². The van der Waals surface area contributed by atoms with Crippen LogP contribution in [0.5, 0.6) is 0 Å². The molecule has 0 aromatic carbocycles. The third-order valence-corrected chi connectivity index (χ3v) is 3.24. The van der Waals surface area contributed by atoms with Crippen molar-refractivity contribution in [3.8, 4) is 6.07 Å². The van der Waals surface area contributed by atoms with Gasteiger partial charge in [-0.3, -0.25) is 4.79 Å². The van der Waals surface area contributed by atoms with Crippen molar-refractivity contribution in [2.24, 2.45) is 5.92 Å². The van der Waals surface area contributed by atoms with Crippen LogP contribution in [-0.4, -0.2) is 36.5 Å². The molecule has 1 amide bonds. The molecule has 84 valence electrons. The molecule has 0 aromatic heterocycles. The van der Waals surface area contributed by atoms with Crippen molar-refractivity contribution in [1.29, 1.82) is 5.26 Å². The Hall–Kier alpha value is -1.08. The Bertz CT molecular complexity index is 271. The molecule has 1 aliphatic rings. The normalized spacial score (nSPS) is 27.1. The highest BCUT2D eigenvalue weighted by Gasteiger charge is 2.32. The van der Waals surface area contributed by atoms with E-state index in [2.05, 4.69) is 11.4 Å². The number of hydrogen-bond donors (Lipinski definition) is 1. The molecule has 3 unspecified atom stereocenters. The summed E-state index contributed by atoms with van der Waals surface area (Å²) >= 11 is 0. The van der Waals surface area contributed by atoms with Crippen LogP contribution in [0.25, 0.3) is 0 Å². The SMILES string of the molecule is CC1NCCC1C(=O)N(C)C(C)CC#N. The summed E-state index contributed by atoms with van der Waals surface area (Å²) in [5, 5.41) is 11.8. The van der Waals surface area contributed by atoms with E-state index in [1.807, 2.05) is 13.8 Å². The summed E-state index contributed by atoms with van der Waals surface area (Å²) in [5.74, 6) is 0.242. The first-order valence-electron chi connectivity index (χ1n) is 5.45. The van der Waals surface area contributed by atoms with Crippen LogP contribution in [0.4, 0.5) is 0 Å². The van der Waals surface area contributed by atoms with Gasteiger partial charge in [0.15, 0.2) is 0 Å². The highest BCUT2D eigenvalue weighted by molar-refractivity contribution is 5.80. The Morgan fingerprint density at radius 1 is 1.73 bits per heavy atom. The fourth-order valence-corrected chi connectivity index (χ4v) is 1.94. The summed E-state index contributed by atoms with van der Waals surface area (Å²) in [5.41, 5.74) is 0. The van der Waals surface area contributed by atoms with Crippen LogP contribution in [0.2, 0.25) is 0 Å². The molecule has 1 fully saturated rings. The zero-order valence-corrected chi connectivity index (χ0v) is 9.66. The van der Waals surface area contributed by atoms with Gasteiger partial charge in [-0.05, 0) is 26.8 Å². The summed E-state index contributed by atoms with van der Waals surface area (Å²) < 4.78 is 0. The second kappa shape index (κ2) is 5.13. The van der Waals surface area contributed by atoms with Crippen LogP contribution in [0.1, 0.15) is 26.7 Å². The first-order chi connectivity index (χ1) is 7.07. The van der Waals surface area contributed by atoms with Gasteiger partial charge in [0, 0.05) is 19.1 Å². The van der Waals surface area contributed by atoms with Gasteiger partial charge in [-0.2, -0.15) is 5.26 Å². The molecular formula is C11H19N3O. The van der Waals surface area contributed by atoms with Crippen molar-refractivity contribution in [2.45, 2.75) is 38.8 Å². The summed E-state index contributed by atoms with van der Waals surface area (Å²) in [6, 6.07) is 2.36. The number of rotatable bonds is 3. The lowest BCUT2D eigenvalue weighted by atomic mass is 9.99. The van der Waals surface area contributed by atoms with E-state index < -0.39 is 0 Å². The molecule has 1 heterocycles. The Kier molecular flexibility index (Phi) is 4.10. The monoisotopic (exact) mass is 209 g/mol. The standard InChI is InChI=1S/C11H19N3O/c1-8(4-6-12)14(3)11(15)10-5-7-13-9(10)2/h8-10,13H,4-5,7H2,1-3H3. The average Bonchev–Trinajstić information content (AvgIpc) is 2.62. The van der Waals surface area contributed by atoms with E-state index in [0.29, 0.717) is 6.42 Å². The first kappa shape index (κ1) is 12.0. The quantitative estimate of drug-likeness (QED) is 0.746. The number of amides is 1. The van der Waals surface area contributed by atoms with Crippen molar-refractivity contribution < 1.29 is 4.79 Å². The molecule has 0 aliphatic carbocycles. The van der Waals surface area contributed by atoms with Crippen molar-refractivity contribution in [2.75, 3.05) is 13.6 Å². The van der Waals surface area contributed by atoms with E-state index >= 15 is 0 Å². The maximum atomic E-state index is 12.0. The van der Waals surface area contributed by atoms with Gasteiger partial charge in [0.05, 0.1) is 18.4 Å². The van der Waals surface area contributed by atoms with Gasteiger partial charge in [-0.15, -0.1) is 0 Å². The van der Waals surface area contributed by atoms with Crippen LogP contribution in [0.3, 0.4) is 0 Å². The molecule has 1 N–H and O–H groups in total. The Morgan fingerprint density at radius 3 is 2.87 bits per heavy atom. The predicted molar refractivity (Wildman–Crippen MR) is 58.0 cm³/mol. The van der Waals surface area contributed by atoms with Gasteiger partial charge in [-0.25, -0.2) is 0 Å². The summed E-state index contributed by atoms with van der Waals surface area (Å²) in [4.78, 5) is 13.8. The minimum Gasteiger partial charge on any atom is -0.342 e. The summed E-state index contributed by atoms with van der Waals surface area (Å²) in [7, 11) is 1.79. The van der Waals surface area contributed by atoms with Crippen molar-refractivity contribution in [3.63, 3.8) is 0 Å². The lowest BCUT2D eigenvalue weighted by Gasteiger charge is -2.27. The Morgan fingerprint density at radius 2 is 2.40 bits per heavy atom. The fraction of sp³-hybridized carbons (Fsp3) is 0.818. The third-order valence-electron chi connectivity index (χ3n) is 3.24. The maximum Gasteiger partial charge on any atom is 0.227 e. The molecule has 0 spiro atoms. The third kappa shape index (κ3) is 2.69. The molecule has 4 heteroatoms. The number of nitriles is 1. The highest BCUT2D eigenvalue weighted by atomic mass is 16.2. The zero-order valence-electron chi connectivity index (χ0n) is 9.66. The molecule has 1 saturated heterocycles. The minimum absolute atomic E-state index is 0.00954. The van der Waals surface area contributed by atoms with Gasteiger partial charge in [-0.1, -0.05) is 0 Å². The van der Waals surface area contributed by atoms with E-state index in [-0.39, 0.29) is 23.9 Å². The van der Waals surface area contributed by atoms with E-state index in [9.17, 15) is 4.79 Å². The topological polar surface area (TPSA) is 56.1 Å². The van der Waals surface area contributed by atoms with E-state index in [1.54, 1.807) is 11.9 Å². The molecule has 1 rings (SSSR count). The van der Waals surface area contributed by atoms with Gasteiger partial charge in [0.25, 0.3) is 0 Å². The van der Waals surface area contributed by atoms with Gasteiger partial charge in [0.1, 0.15) is 0 Å². The molecule has 0 radical (unpaired) electrons. The molecule has 3 atom stereocenters. The maximum absolute atomic E-state index is 12.0. The first-order valence-corrected chi connectivity index (χ1v) is 5.45. The number of nitrogens with one attached hydrogen (secondary N) is 1. The molecule has 0 saturated carbocycles. The average molecular weight is 209 g/mol. The highest BCUT2D eigenvalue weighted by Crippen LogP contribution is 2.19. The zero-order chi connectivity index (χ0) is 11.4. The smallest absolute Gasteiger partial charge is 0.227 e. The van der Waals surface area contributed by atoms with Crippen LogP contribution < -0.4 is 5.32 Å². The Labute approximate surface area is 91.2 Å². The lowest BCUT2D eigenvalue weighted by molar-refractivity contribution is -0.136. The van der Waals surface area contributed by atoms with Crippen LogP contribution in [-0.2, 0) is 4.79 Å². The fourth-order valence-electron chi connectivity index (χ4n) is 1.94. The molecular weight excluding hydrogens is 190 g/mol. The second-order valence-corrected chi connectivity index (χ2v) is 4.30.